The second-order valence-corrected chi connectivity index (χ2v) is 8.17. The van der Waals surface area contributed by atoms with E-state index < -0.39 is 36.4 Å². The van der Waals surface area contributed by atoms with E-state index in [1.165, 1.54) is 12.1 Å². The molecule has 0 aromatic heterocycles. The van der Waals surface area contributed by atoms with Gasteiger partial charge in [0.05, 0.1) is 23.1 Å². The molecule has 0 amide bonds. The summed E-state index contributed by atoms with van der Waals surface area (Å²) in [6, 6.07) is 6.70. The zero-order valence-corrected chi connectivity index (χ0v) is 18.9. The van der Waals surface area contributed by atoms with E-state index in [2.05, 4.69) is 0 Å². The molecular formula is C23H23ClF6O3. The smallest absolute Gasteiger partial charge is 0.422 e. The van der Waals surface area contributed by atoms with Crippen molar-refractivity contribution in [3.05, 3.63) is 52.5 Å². The molecule has 0 fully saturated rings. The summed E-state index contributed by atoms with van der Waals surface area (Å²) in [5.74, 6) is -1.71. The van der Waals surface area contributed by atoms with Gasteiger partial charge in [0.2, 0.25) is 0 Å². The molecule has 0 aliphatic heterocycles. The molecule has 2 aromatic carbocycles. The quantitative estimate of drug-likeness (QED) is 0.278. The Bertz CT molecular complexity index is 952. The Balaban J connectivity index is 2.63. The van der Waals surface area contributed by atoms with Crippen LogP contribution in [0.15, 0.2) is 36.4 Å². The van der Waals surface area contributed by atoms with E-state index in [1.54, 1.807) is 6.92 Å². The Labute approximate surface area is 192 Å². The lowest BCUT2D eigenvalue weighted by atomic mass is 9.88. The monoisotopic (exact) mass is 496 g/mol. The SMILES string of the molecule is CCOC(=O)C(CC(C)C)c1cc(OCC(F)(F)F)c(Cl)c(-c2ccc(C(F)(F)F)cc2)c1. The number of benzene rings is 2. The highest BCUT2D eigenvalue weighted by atomic mass is 35.5. The lowest BCUT2D eigenvalue weighted by Gasteiger charge is -2.21. The maximum absolute atomic E-state index is 12.9. The van der Waals surface area contributed by atoms with Gasteiger partial charge in [-0.3, -0.25) is 4.79 Å². The van der Waals surface area contributed by atoms with Gasteiger partial charge in [-0.05, 0) is 54.7 Å². The standard InChI is InChI=1S/C23H23ClF6O3/c1-4-32-21(31)18(9-13(2)3)15-10-17(14-5-7-16(8-6-14)23(28,29)30)20(24)19(11-15)33-12-22(25,26)27/h5-8,10-11,13,18H,4,9,12H2,1-3H3. The summed E-state index contributed by atoms with van der Waals surface area (Å²) >= 11 is 6.29. The molecule has 0 aliphatic carbocycles. The highest BCUT2D eigenvalue weighted by molar-refractivity contribution is 6.34. The van der Waals surface area contributed by atoms with Gasteiger partial charge in [-0.25, -0.2) is 0 Å². The number of carbonyl (C=O) groups is 1. The molecule has 2 aromatic rings. The number of carbonyl (C=O) groups excluding carboxylic acids is 1. The fourth-order valence-corrected chi connectivity index (χ4v) is 3.49. The molecule has 1 atom stereocenters. The normalized spacial score (nSPS) is 13.2. The van der Waals surface area contributed by atoms with Crippen molar-refractivity contribution in [2.75, 3.05) is 13.2 Å². The number of rotatable bonds is 8. The van der Waals surface area contributed by atoms with Gasteiger partial charge in [0.25, 0.3) is 0 Å². The molecular weight excluding hydrogens is 474 g/mol. The van der Waals surface area contributed by atoms with Crippen LogP contribution in [0.2, 0.25) is 5.02 Å². The van der Waals surface area contributed by atoms with Gasteiger partial charge in [0.15, 0.2) is 6.61 Å². The summed E-state index contributed by atoms with van der Waals surface area (Å²) in [5, 5.41) is -0.213. The Morgan fingerprint density at radius 2 is 1.64 bits per heavy atom. The summed E-state index contributed by atoms with van der Waals surface area (Å²) in [6.45, 7) is 3.82. The second-order valence-electron chi connectivity index (χ2n) is 7.79. The molecule has 2 rings (SSSR count). The van der Waals surface area contributed by atoms with Crippen molar-refractivity contribution in [3.8, 4) is 16.9 Å². The van der Waals surface area contributed by atoms with Crippen molar-refractivity contribution >= 4 is 17.6 Å². The molecule has 0 saturated carbocycles. The highest BCUT2D eigenvalue weighted by Crippen LogP contribution is 2.41. The molecule has 0 heterocycles. The highest BCUT2D eigenvalue weighted by Gasteiger charge is 2.32. The third-order valence-corrected chi connectivity index (χ3v) is 5.05. The first-order valence-corrected chi connectivity index (χ1v) is 10.5. The third kappa shape index (κ3) is 7.55. The molecule has 10 heteroatoms. The first kappa shape index (κ1) is 26.8. The zero-order chi connectivity index (χ0) is 25.0. The van der Waals surface area contributed by atoms with Crippen LogP contribution in [0.5, 0.6) is 5.75 Å². The molecule has 33 heavy (non-hydrogen) atoms. The summed E-state index contributed by atoms with van der Waals surface area (Å²) in [5.41, 5.74) is -0.244. The molecule has 0 radical (unpaired) electrons. The Kier molecular flexibility index (Phi) is 8.68. The van der Waals surface area contributed by atoms with E-state index in [0.717, 1.165) is 24.3 Å². The number of ether oxygens (including phenoxy) is 2. The zero-order valence-electron chi connectivity index (χ0n) is 18.1. The van der Waals surface area contributed by atoms with Crippen LogP contribution in [-0.4, -0.2) is 25.4 Å². The van der Waals surface area contributed by atoms with E-state index in [4.69, 9.17) is 21.1 Å². The van der Waals surface area contributed by atoms with Crippen molar-refractivity contribution in [2.24, 2.45) is 5.92 Å². The Morgan fingerprint density at radius 3 is 2.12 bits per heavy atom. The van der Waals surface area contributed by atoms with Gasteiger partial charge in [-0.1, -0.05) is 37.6 Å². The maximum atomic E-state index is 12.9. The number of alkyl halides is 6. The van der Waals surface area contributed by atoms with E-state index in [9.17, 15) is 31.1 Å². The average molecular weight is 497 g/mol. The van der Waals surface area contributed by atoms with Crippen LogP contribution in [0.1, 0.15) is 44.2 Å². The van der Waals surface area contributed by atoms with Crippen LogP contribution in [0, 0.1) is 5.92 Å². The molecule has 0 N–H and O–H groups in total. The van der Waals surface area contributed by atoms with Crippen molar-refractivity contribution < 1.29 is 40.6 Å². The minimum Gasteiger partial charge on any atom is -0.483 e. The minimum atomic E-state index is -4.65. The van der Waals surface area contributed by atoms with Crippen LogP contribution in [0.4, 0.5) is 26.3 Å². The molecule has 182 valence electrons. The van der Waals surface area contributed by atoms with Gasteiger partial charge in [-0.15, -0.1) is 0 Å². The largest absolute Gasteiger partial charge is 0.483 e. The van der Waals surface area contributed by atoms with Crippen molar-refractivity contribution in [1.82, 2.24) is 0 Å². The van der Waals surface area contributed by atoms with Crippen LogP contribution in [0.3, 0.4) is 0 Å². The van der Waals surface area contributed by atoms with Crippen molar-refractivity contribution in [2.45, 2.75) is 45.5 Å². The fraction of sp³-hybridized carbons (Fsp3) is 0.435. The summed E-state index contributed by atoms with van der Waals surface area (Å²) < 4.78 is 87.1. The van der Waals surface area contributed by atoms with E-state index in [1.807, 2.05) is 13.8 Å². The van der Waals surface area contributed by atoms with Crippen LogP contribution >= 0.6 is 11.6 Å². The Hall–Kier alpha value is -2.42. The lowest BCUT2D eigenvalue weighted by Crippen LogP contribution is -2.20. The van der Waals surface area contributed by atoms with Crippen LogP contribution < -0.4 is 4.74 Å². The number of esters is 1. The van der Waals surface area contributed by atoms with E-state index in [-0.39, 0.29) is 34.4 Å². The van der Waals surface area contributed by atoms with E-state index in [0.29, 0.717) is 12.0 Å². The molecule has 0 spiro atoms. The first-order valence-electron chi connectivity index (χ1n) is 10.1. The fourth-order valence-electron chi connectivity index (χ4n) is 3.22. The summed E-state index contributed by atoms with van der Waals surface area (Å²) in [6.07, 6.45) is -8.88. The summed E-state index contributed by atoms with van der Waals surface area (Å²) in [7, 11) is 0. The number of halogens is 7. The van der Waals surface area contributed by atoms with Gasteiger partial charge in [0, 0.05) is 5.56 Å². The second kappa shape index (κ2) is 10.7. The van der Waals surface area contributed by atoms with E-state index >= 15 is 0 Å². The number of hydrogen-bond donors (Lipinski definition) is 0. The van der Waals surface area contributed by atoms with Gasteiger partial charge >= 0.3 is 18.3 Å². The average Bonchev–Trinajstić information content (AvgIpc) is 2.70. The topological polar surface area (TPSA) is 35.5 Å². The minimum absolute atomic E-state index is 0.0316. The van der Waals surface area contributed by atoms with Gasteiger partial charge < -0.3 is 9.47 Å². The summed E-state index contributed by atoms with van der Waals surface area (Å²) in [4.78, 5) is 12.6. The predicted octanol–water partition coefficient (Wildman–Crippen LogP) is 7.66. The van der Waals surface area contributed by atoms with Crippen molar-refractivity contribution in [3.63, 3.8) is 0 Å². The molecule has 0 aliphatic rings. The van der Waals surface area contributed by atoms with Gasteiger partial charge in [0.1, 0.15) is 5.75 Å². The predicted molar refractivity (Wildman–Crippen MR) is 112 cm³/mol. The third-order valence-electron chi connectivity index (χ3n) is 4.66. The van der Waals surface area contributed by atoms with Crippen molar-refractivity contribution in [1.29, 1.82) is 0 Å². The Morgan fingerprint density at radius 1 is 1.03 bits per heavy atom. The van der Waals surface area contributed by atoms with Crippen LogP contribution in [-0.2, 0) is 15.7 Å². The van der Waals surface area contributed by atoms with Crippen LogP contribution in [0.25, 0.3) is 11.1 Å². The van der Waals surface area contributed by atoms with Gasteiger partial charge in [-0.2, -0.15) is 26.3 Å². The number of hydrogen-bond acceptors (Lipinski definition) is 3. The maximum Gasteiger partial charge on any atom is 0.422 e. The molecule has 0 bridgehead atoms. The molecule has 0 saturated heterocycles. The molecule has 3 nitrogen and oxygen atoms in total. The first-order chi connectivity index (χ1) is 15.2. The lowest BCUT2D eigenvalue weighted by molar-refractivity contribution is -0.153. The molecule has 1 unspecified atom stereocenters.